The maximum Gasteiger partial charge on any atom is 0.0714 e. The summed E-state index contributed by atoms with van der Waals surface area (Å²) >= 11 is 0. The van der Waals surface area contributed by atoms with Crippen LogP contribution in [0.5, 0.6) is 0 Å². The van der Waals surface area contributed by atoms with Crippen molar-refractivity contribution in [2.24, 2.45) is 0 Å². The second-order valence-corrected chi connectivity index (χ2v) is 21.6. The molecule has 0 aromatic heterocycles. The van der Waals surface area contributed by atoms with E-state index in [4.69, 9.17) is 0 Å². The molecule has 0 bridgehead atoms. The van der Waals surface area contributed by atoms with Gasteiger partial charge in [0.2, 0.25) is 0 Å². The summed E-state index contributed by atoms with van der Waals surface area (Å²) in [6, 6.07) is 78.3. The van der Waals surface area contributed by atoms with E-state index in [-0.39, 0.29) is 16.2 Å². The molecule has 0 atom stereocenters. The van der Waals surface area contributed by atoms with Gasteiger partial charge in [-0.05, 0) is 162 Å². The summed E-state index contributed by atoms with van der Waals surface area (Å²) < 4.78 is 0. The summed E-state index contributed by atoms with van der Waals surface area (Å²) in [7, 11) is 0. The molecule has 0 aliphatic heterocycles. The molecule has 1 heteroatoms. The average molecular weight is 878 g/mol. The first kappa shape index (κ1) is 42.2. The Kier molecular flexibility index (Phi) is 9.55. The Morgan fingerprint density at radius 2 is 0.838 bits per heavy atom. The zero-order chi connectivity index (χ0) is 46.6. The molecule has 1 nitrogen and oxygen atoms in total. The van der Waals surface area contributed by atoms with Gasteiger partial charge in [0.05, 0.1) is 11.1 Å². The molecule has 0 radical (unpaired) electrons. The average Bonchev–Trinajstić information content (AvgIpc) is 3.78. The Bertz CT molecular complexity index is 3370. The molecule has 12 rings (SSSR count). The van der Waals surface area contributed by atoms with E-state index in [1.165, 1.54) is 107 Å². The molecule has 0 fully saturated rings. The molecular weight excluding hydrogens is 819 g/mol. The van der Waals surface area contributed by atoms with Gasteiger partial charge in [0.25, 0.3) is 0 Å². The van der Waals surface area contributed by atoms with Crippen LogP contribution in [0.15, 0.2) is 206 Å². The lowest BCUT2D eigenvalue weighted by atomic mass is 9.62. The highest BCUT2D eigenvalue weighted by Gasteiger charge is 2.47. The maximum atomic E-state index is 2.60. The number of aryl methyl sites for hydroxylation is 1. The molecular formula is C67H59N. The molecule has 68 heavy (non-hydrogen) atoms. The summed E-state index contributed by atoms with van der Waals surface area (Å²) in [5.41, 5.74) is 25.2. The molecule has 9 aromatic rings. The number of hydrogen-bond donors (Lipinski definition) is 0. The van der Waals surface area contributed by atoms with Crippen molar-refractivity contribution in [1.29, 1.82) is 0 Å². The first-order valence-corrected chi connectivity index (χ1v) is 24.6. The van der Waals surface area contributed by atoms with E-state index < -0.39 is 5.41 Å². The summed E-state index contributed by atoms with van der Waals surface area (Å²) in [6.07, 6.45) is 2.34. The van der Waals surface area contributed by atoms with Crippen LogP contribution in [-0.2, 0) is 21.7 Å². The maximum absolute atomic E-state index is 2.60. The number of benzene rings is 9. The summed E-state index contributed by atoms with van der Waals surface area (Å²) in [4.78, 5) is 2.58. The minimum absolute atomic E-state index is 0.0418. The van der Waals surface area contributed by atoms with E-state index in [0.717, 1.165) is 17.8 Å². The Labute approximate surface area is 403 Å². The lowest BCUT2D eigenvalue weighted by molar-refractivity contribution is 0.332. The normalized spacial score (nSPS) is 16.2. The first-order chi connectivity index (χ1) is 32.9. The fraction of sp³-hybridized carbons (Fsp3) is 0.194. The number of hydrogen-bond acceptors (Lipinski definition) is 1. The van der Waals surface area contributed by atoms with Gasteiger partial charge in [-0.15, -0.1) is 0 Å². The zero-order valence-corrected chi connectivity index (χ0v) is 40.5. The van der Waals surface area contributed by atoms with Crippen molar-refractivity contribution in [3.05, 3.63) is 256 Å². The molecule has 0 heterocycles. The van der Waals surface area contributed by atoms with Crippen LogP contribution in [0.2, 0.25) is 0 Å². The van der Waals surface area contributed by atoms with Gasteiger partial charge in [0.1, 0.15) is 0 Å². The fourth-order valence-electron chi connectivity index (χ4n) is 12.6. The molecule has 0 saturated heterocycles. The van der Waals surface area contributed by atoms with Crippen molar-refractivity contribution < 1.29 is 0 Å². The Hall–Kier alpha value is -7.22. The van der Waals surface area contributed by atoms with Gasteiger partial charge in [-0.25, -0.2) is 0 Å². The van der Waals surface area contributed by atoms with E-state index in [1.54, 1.807) is 0 Å². The van der Waals surface area contributed by atoms with Crippen LogP contribution >= 0.6 is 0 Å². The van der Waals surface area contributed by atoms with Crippen LogP contribution in [0.25, 0.3) is 44.5 Å². The van der Waals surface area contributed by atoms with Crippen LogP contribution in [0.3, 0.4) is 0 Å². The molecule has 0 amide bonds. The van der Waals surface area contributed by atoms with E-state index in [2.05, 4.69) is 260 Å². The fourth-order valence-corrected chi connectivity index (χ4v) is 12.6. The topological polar surface area (TPSA) is 3.24 Å². The van der Waals surface area contributed by atoms with Crippen LogP contribution in [-0.4, -0.2) is 0 Å². The van der Waals surface area contributed by atoms with Crippen LogP contribution in [0.1, 0.15) is 104 Å². The lowest BCUT2D eigenvalue weighted by Crippen LogP contribution is -2.34. The van der Waals surface area contributed by atoms with Crippen molar-refractivity contribution in [1.82, 2.24) is 0 Å². The van der Waals surface area contributed by atoms with Gasteiger partial charge in [-0.2, -0.15) is 0 Å². The molecule has 0 saturated carbocycles. The monoisotopic (exact) mass is 877 g/mol. The highest BCUT2D eigenvalue weighted by atomic mass is 15.1. The van der Waals surface area contributed by atoms with Gasteiger partial charge in [0.15, 0.2) is 0 Å². The summed E-state index contributed by atoms with van der Waals surface area (Å²) in [5.74, 6) is 0. The van der Waals surface area contributed by atoms with Crippen LogP contribution in [0, 0.1) is 6.92 Å². The van der Waals surface area contributed by atoms with E-state index in [9.17, 15) is 0 Å². The van der Waals surface area contributed by atoms with Gasteiger partial charge in [0, 0.05) is 22.4 Å². The second-order valence-electron chi connectivity index (χ2n) is 21.6. The molecule has 0 N–H and O–H groups in total. The molecule has 9 aromatic carbocycles. The third-order valence-corrected chi connectivity index (χ3v) is 16.4. The Balaban J connectivity index is 1.21. The smallest absolute Gasteiger partial charge is 0.0714 e. The van der Waals surface area contributed by atoms with E-state index in [0.29, 0.717) is 0 Å². The van der Waals surface area contributed by atoms with E-state index in [1.807, 2.05) is 0 Å². The Morgan fingerprint density at radius 1 is 0.338 bits per heavy atom. The number of anilines is 3. The Morgan fingerprint density at radius 3 is 1.47 bits per heavy atom. The summed E-state index contributed by atoms with van der Waals surface area (Å²) in [6.45, 7) is 16.9. The number of nitrogens with zero attached hydrogens (tertiary/aromatic N) is 1. The molecule has 332 valence electrons. The lowest BCUT2D eigenvalue weighted by Gasteiger charge is -2.42. The molecule has 3 aliphatic rings. The highest BCUT2D eigenvalue weighted by Crippen LogP contribution is 2.60. The third-order valence-electron chi connectivity index (χ3n) is 16.4. The van der Waals surface area contributed by atoms with Crippen molar-refractivity contribution in [2.45, 2.75) is 83.0 Å². The predicted octanol–water partition coefficient (Wildman–Crippen LogP) is 17.8. The quantitative estimate of drug-likeness (QED) is 0.154. The van der Waals surface area contributed by atoms with Gasteiger partial charge in [-0.1, -0.05) is 205 Å². The SMILES string of the molecule is Cc1cc2c(cc1-c1cc3c(cc1N(c1ccc(-c4ccccc4)cc1)c1ccc4c(c1)C(C)(C)c1ccccc1-4)C(c1ccccc1)(c1ccccc1)c1ccccc1-3)C(C)(C)CCC2(C)C. The molecule has 0 spiro atoms. The first-order valence-electron chi connectivity index (χ1n) is 24.6. The van der Waals surface area contributed by atoms with Crippen LogP contribution in [0.4, 0.5) is 17.1 Å². The minimum Gasteiger partial charge on any atom is -0.310 e. The molecule has 3 aliphatic carbocycles. The largest absolute Gasteiger partial charge is 0.310 e. The summed E-state index contributed by atoms with van der Waals surface area (Å²) in [5, 5.41) is 0. The van der Waals surface area contributed by atoms with Crippen molar-refractivity contribution in [3.8, 4) is 44.5 Å². The van der Waals surface area contributed by atoms with Crippen molar-refractivity contribution in [2.75, 3.05) is 4.90 Å². The number of rotatable bonds is 7. The van der Waals surface area contributed by atoms with Crippen molar-refractivity contribution in [3.63, 3.8) is 0 Å². The van der Waals surface area contributed by atoms with Gasteiger partial charge in [-0.3, -0.25) is 0 Å². The molecule has 0 unspecified atom stereocenters. The van der Waals surface area contributed by atoms with Gasteiger partial charge < -0.3 is 4.90 Å². The second kappa shape index (κ2) is 15.4. The van der Waals surface area contributed by atoms with Crippen molar-refractivity contribution >= 4 is 17.1 Å². The minimum atomic E-state index is -0.566. The standard InChI is InChI=1S/C67H59N/c1-44-39-61-62(65(4,5)38-37-64(61,2)3)42-54(44)56-41-55-52-28-18-20-30-58(52)67(47-23-13-9-14-24-47,48-25-15-10-16-26-48)60(55)43-63(56)68(49-33-31-46(32-34-49)45-21-11-8-12-22-45)50-35-36-53-51-27-17-19-29-57(51)66(6,7)59(53)40-50/h8-36,39-43H,37-38H2,1-7H3. The third kappa shape index (κ3) is 6.28. The zero-order valence-electron chi connectivity index (χ0n) is 40.5. The highest BCUT2D eigenvalue weighted by molar-refractivity contribution is 5.98. The van der Waals surface area contributed by atoms with Gasteiger partial charge >= 0.3 is 0 Å². The number of fused-ring (bicyclic) bond motifs is 7. The predicted molar refractivity (Wildman–Crippen MR) is 287 cm³/mol. The van der Waals surface area contributed by atoms with E-state index >= 15 is 0 Å². The van der Waals surface area contributed by atoms with Crippen LogP contribution < -0.4 is 4.90 Å².